The average Bonchev–Trinajstić information content (AvgIpc) is 2.39. The Kier molecular flexibility index (Phi) is 10.5. The topological polar surface area (TPSA) is 29.1 Å². The maximum atomic E-state index is 11.3. The van der Waals surface area contributed by atoms with Crippen LogP contribution < -0.4 is 5.32 Å². The second-order valence-electron chi connectivity index (χ2n) is 5.64. The lowest BCUT2D eigenvalue weighted by Gasteiger charge is -2.30. The molecule has 0 saturated heterocycles. The van der Waals surface area contributed by atoms with E-state index in [9.17, 15) is 4.79 Å². The van der Waals surface area contributed by atoms with E-state index in [4.69, 9.17) is 11.6 Å². The highest BCUT2D eigenvalue weighted by Crippen LogP contribution is 2.30. The lowest BCUT2D eigenvalue weighted by atomic mass is 9.80. The van der Waals surface area contributed by atoms with E-state index in [-0.39, 0.29) is 17.2 Å². The van der Waals surface area contributed by atoms with Gasteiger partial charge < -0.3 is 5.32 Å². The monoisotopic (exact) mass is 275 g/mol. The van der Waals surface area contributed by atoms with Crippen LogP contribution in [0.5, 0.6) is 0 Å². The molecule has 1 N–H and O–H groups in total. The highest BCUT2D eigenvalue weighted by atomic mass is 35.5. The second kappa shape index (κ2) is 10.7. The second-order valence-corrected chi connectivity index (χ2v) is 5.90. The highest BCUT2D eigenvalue weighted by Gasteiger charge is 2.23. The van der Waals surface area contributed by atoms with E-state index in [1.165, 1.54) is 51.4 Å². The largest absolute Gasteiger partial charge is 0.355 e. The summed E-state index contributed by atoms with van der Waals surface area (Å²) in [6, 6.07) is 0. The van der Waals surface area contributed by atoms with Gasteiger partial charge in [0, 0.05) is 6.54 Å². The molecule has 0 heterocycles. The van der Waals surface area contributed by atoms with Crippen LogP contribution in [0.15, 0.2) is 0 Å². The molecule has 0 spiro atoms. The molecular weight excluding hydrogens is 246 g/mol. The predicted octanol–water partition coefficient (Wildman–Crippen LogP) is 4.51. The molecule has 0 fully saturated rings. The van der Waals surface area contributed by atoms with Crippen LogP contribution in [0.1, 0.15) is 72.1 Å². The van der Waals surface area contributed by atoms with Gasteiger partial charge in [0.25, 0.3) is 0 Å². The smallest absolute Gasteiger partial charge is 0.234 e. The van der Waals surface area contributed by atoms with Gasteiger partial charge >= 0.3 is 0 Å². The van der Waals surface area contributed by atoms with Gasteiger partial charge in [0.2, 0.25) is 5.91 Å². The Morgan fingerprint density at radius 1 is 1.06 bits per heavy atom. The van der Waals surface area contributed by atoms with Gasteiger partial charge in [0.1, 0.15) is 5.88 Å². The molecule has 1 unspecified atom stereocenters. The van der Waals surface area contributed by atoms with Crippen molar-refractivity contribution < 1.29 is 4.79 Å². The number of alkyl halides is 1. The summed E-state index contributed by atoms with van der Waals surface area (Å²) in [4.78, 5) is 11.3. The Hall–Kier alpha value is -0.240. The fourth-order valence-electron chi connectivity index (χ4n) is 2.24. The number of rotatable bonds is 11. The normalized spacial score (nSPS) is 14.2. The zero-order valence-corrected chi connectivity index (χ0v) is 13.1. The molecule has 0 aromatic rings. The molecular formula is C15H30ClNO. The molecule has 0 saturated carbocycles. The van der Waals surface area contributed by atoms with Crippen LogP contribution in [0.4, 0.5) is 0 Å². The first-order valence-electron chi connectivity index (χ1n) is 7.40. The van der Waals surface area contributed by atoms with Crippen molar-refractivity contribution in [2.24, 2.45) is 5.41 Å². The Bertz CT molecular complexity index is 221. The highest BCUT2D eigenvalue weighted by molar-refractivity contribution is 6.27. The number of hydrogen-bond acceptors (Lipinski definition) is 1. The van der Waals surface area contributed by atoms with Gasteiger partial charge in [-0.3, -0.25) is 4.79 Å². The first-order valence-corrected chi connectivity index (χ1v) is 7.94. The first-order chi connectivity index (χ1) is 8.58. The van der Waals surface area contributed by atoms with Gasteiger partial charge in [-0.2, -0.15) is 0 Å². The minimum Gasteiger partial charge on any atom is -0.355 e. The Morgan fingerprint density at radius 3 is 2.22 bits per heavy atom. The standard InChI is InChI=1S/C15H30ClNO/c1-4-6-8-9-11-15(3,10-7-5-2)13-17-14(18)12-16/h4-13H2,1-3H3,(H,17,18). The molecule has 3 heteroatoms. The minimum absolute atomic E-state index is 0.0482. The molecule has 0 aliphatic heterocycles. The van der Waals surface area contributed by atoms with Crippen LogP contribution in [0.25, 0.3) is 0 Å². The maximum absolute atomic E-state index is 11.3. The van der Waals surface area contributed by atoms with Crippen LogP contribution in [-0.2, 0) is 4.79 Å². The Morgan fingerprint density at radius 2 is 1.67 bits per heavy atom. The fraction of sp³-hybridized carbons (Fsp3) is 0.933. The van der Waals surface area contributed by atoms with Crippen molar-refractivity contribution in [3.05, 3.63) is 0 Å². The summed E-state index contributed by atoms with van der Waals surface area (Å²) in [7, 11) is 0. The number of carbonyl (C=O) groups is 1. The summed E-state index contributed by atoms with van der Waals surface area (Å²) in [6.07, 6.45) is 10.0. The van der Waals surface area contributed by atoms with Crippen LogP contribution in [0.2, 0.25) is 0 Å². The zero-order valence-electron chi connectivity index (χ0n) is 12.4. The number of hydrogen-bond donors (Lipinski definition) is 1. The van der Waals surface area contributed by atoms with E-state index in [1.54, 1.807) is 0 Å². The van der Waals surface area contributed by atoms with Crippen molar-refractivity contribution in [3.63, 3.8) is 0 Å². The van der Waals surface area contributed by atoms with E-state index >= 15 is 0 Å². The van der Waals surface area contributed by atoms with Gasteiger partial charge in [-0.15, -0.1) is 11.6 Å². The Labute approximate surface area is 118 Å². The molecule has 0 radical (unpaired) electrons. The summed E-state index contributed by atoms with van der Waals surface area (Å²) in [6.45, 7) is 7.51. The molecule has 0 bridgehead atoms. The molecule has 108 valence electrons. The molecule has 0 aromatic carbocycles. The summed E-state index contributed by atoms with van der Waals surface area (Å²) in [5, 5.41) is 2.95. The van der Waals surface area contributed by atoms with E-state index < -0.39 is 0 Å². The van der Waals surface area contributed by atoms with Crippen LogP contribution in [0, 0.1) is 5.41 Å². The minimum atomic E-state index is -0.0482. The van der Waals surface area contributed by atoms with E-state index in [1.807, 2.05) is 0 Å². The molecule has 0 rings (SSSR count). The van der Waals surface area contributed by atoms with Crippen molar-refractivity contribution in [1.82, 2.24) is 5.32 Å². The number of carbonyl (C=O) groups excluding carboxylic acids is 1. The van der Waals surface area contributed by atoms with Gasteiger partial charge in [-0.05, 0) is 18.3 Å². The van der Waals surface area contributed by atoms with Crippen LogP contribution >= 0.6 is 11.6 Å². The molecule has 1 atom stereocenters. The molecule has 0 aromatic heterocycles. The summed E-state index contributed by atoms with van der Waals surface area (Å²) < 4.78 is 0. The van der Waals surface area contributed by atoms with Crippen LogP contribution in [0.3, 0.4) is 0 Å². The molecule has 18 heavy (non-hydrogen) atoms. The lowest BCUT2D eigenvalue weighted by molar-refractivity contribution is -0.119. The summed E-state index contributed by atoms with van der Waals surface area (Å²) >= 11 is 5.52. The summed E-state index contributed by atoms with van der Waals surface area (Å²) in [5.74, 6) is 0.0209. The quantitative estimate of drug-likeness (QED) is 0.436. The van der Waals surface area contributed by atoms with Crippen LogP contribution in [-0.4, -0.2) is 18.3 Å². The summed E-state index contributed by atoms with van der Waals surface area (Å²) in [5.41, 5.74) is 0.242. The number of amides is 1. The third-order valence-electron chi connectivity index (χ3n) is 3.60. The van der Waals surface area contributed by atoms with Crippen molar-refractivity contribution in [2.75, 3.05) is 12.4 Å². The zero-order chi connectivity index (χ0) is 13.9. The van der Waals surface area contributed by atoms with Gasteiger partial charge in [0.15, 0.2) is 0 Å². The predicted molar refractivity (Wildman–Crippen MR) is 80.1 cm³/mol. The van der Waals surface area contributed by atoms with Crippen molar-refractivity contribution in [3.8, 4) is 0 Å². The SMILES string of the molecule is CCCCCCC(C)(CCCC)CNC(=O)CCl. The van der Waals surface area contributed by atoms with Gasteiger partial charge in [-0.25, -0.2) is 0 Å². The van der Waals surface area contributed by atoms with Crippen molar-refractivity contribution in [2.45, 2.75) is 72.1 Å². The number of halogens is 1. The van der Waals surface area contributed by atoms with E-state index in [0.29, 0.717) is 0 Å². The Balaban J connectivity index is 4.10. The molecule has 0 aliphatic carbocycles. The fourth-order valence-corrected chi connectivity index (χ4v) is 2.34. The third kappa shape index (κ3) is 8.79. The number of unbranched alkanes of at least 4 members (excludes halogenated alkanes) is 4. The lowest BCUT2D eigenvalue weighted by Crippen LogP contribution is -2.36. The molecule has 2 nitrogen and oxygen atoms in total. The number of nitrogens with one attached hydrogen (secondary N) is 1. The van der Waals surface area contributed by atoms with E-state index in [0.717, 1.165) is 6.54 Å². The molecule has 0 aliphatic rings. The van der Waals surface area contributed by atoms with Gasteiger partial charge in [0.05, 0.1) is 0 Å². The average molecular weight is 276 g/mol. The van der Waals surface area contributed by atoms with Crippen molar-refractivity contribution >= 4 is 17.5 Å². The molecule has 1 amide bonds. The van der Waals surface area contributed by atoms with E-state index in [2.05, 4.69) is 26.1 Å². The van der Waals surface area contributed by atoms with Crippen molar-refractivity contribution in [1.29, 1.82) is 0 Å². The maximum Gasteiger partial charge on any atom is 0.234 e. The third-order valence-corrected chi connectivity index (χ3v) is 3.84. The first kappa shape index (κ1) is 17.8. The van der Waals surface area contributed by atoms with Gasteiger partial charge in [-0.1, -0.05) is 59.3 Å².